The summed E-state index contributed by atoms with van der Waals surface area (Å²) in [7, 11) is 0. The van der Waals surface area contributed by atoms with Crippen LogP contribution in [-0.2, 0) is 11.8 Å². The lowest BCUT2D eigenvalue weighted by Gasteiger charge is -2.19. The molecule has 0 unspecified atom stereocenters. The zero-order chi connectivity index (χ0) is 22.5. The minimum Gasteiger partial charge on any atom is -0.0683 e. The van der Waals surface area contributed by atoms with E-state index in [1.54, 1.807) is 0 Å². The molecule has 3 aromatic carbocycles. The molecule has 29 heavy (non-hydrogen) atoms. The topological polar surface area (TPSA) is 0 Å². The van der Waals surface area contributed by atoms with Crippen molar-refractivity contribution in [1.29, 1.82) is 0 Å². The van der Waals surface area contributed by atoms with Gasteiger partial charge in [0.2, 0.25) is 0 Å². The molecule has 0 saturated heterocycles. The molecule has 3 aromatic rings. The van der Waals surface area contributed by atoms with Crippen LogP contribution < -0.4 is 0 Å². The predicted molar refractivity (Wildman–Crippen MR) is 135 cm³/mol. The van der Waals surface area contributed by atoms with Gasteiger partial charge in [0.05, 0.1) is 0 Å². The first-order chi connectivity index (χ1) is 13.7. The Bertz CT molecular complexity index is 778. The van der Waals surface area contributed by atoms with Crippen molar-refractivity contribution < 1.29 is 0 Å². The third-order valence-corrected chi connectivity index (χ3v) is 4.24. The number of fused-ring (bicyclic) bond motifs is 1. The minimum atomic E-state index is 0.293. The van der Waals surface area contributed by atoms with E-state index in [9.17, 15) is 0 Å². The molecule has 0 aliphatic rings. The third kappa shape index (κ3) is 10.3. The van der Waals surface area contributed by atoms with Crippen molar-refractivity contribution in [3.05, 3.63) is 83.9 Å². The van der Waals surface area contributed by atoms with E-state index >= 15 is 0 Å². The largest absolute Gasteiger partial charge is 0.0683 e. The molecule has 0 amide bonds. The maximum atomic E-state index is 2.29. The molecular weight excluding hydrogens is 348 g/mol. The lowest BCUT2D eigenvalue weighted by molar-refractivity contribution is 0.412. The summed E-state index contributed by atoms with van der Waals surface area (Å²) in [5.74, 6) is 0. The van der Waals surface area contributed by atoms with Gasteiger partial charge in [0.1, 0.15) is 0 Å². The van der Waals surface area contributed by atoms with Crippen molar-refractivity contribution in [2.75, 3.05) is 0 Å². The summed E-state index contributed by atoms with van der Waals surface area (Å²) in [4.78, 5) is 0. The van der Waals surface area contributed by atoms with Crippen LogP contribution in [-0.4, -0.2) is 0 Å². The van der Waals surface area contributed by atoms with E-state index in [-0.39, 0.29) is 0 Å². The van der Waals surface area contributed by atoms with Crippen molar-refractivity contribution in [3.8, 4) is 0 Å². The van der Waals surface area contributed by atoms with Gasteiger partial charge in [-0.2, -0.15) is 0 Å². The van der Waals surface area contributed by atoms with Crippen LogP contribution in [0.3, 0.4) is 0 Å². The Morgan fingerprint density at radius 1 is 0.552 bits per heavy atom. The Kier molecular flexibility index (Phi) is 12.3. The molecular formula is C29H44. The van der Waals surface area contributed by atoms with Crippen LogP contribution in [0, 0.1) is 5.41 Å². The second kappa shape index (κ2) is 13.2. The van der Waals surface area contributed by atoms with E-state index in [4.69, 9.17) is 0 Å². The first kappa shape index (κ1) is 26.9. The van der Waals surface area contributed by atoms with Crippen LogP contribution in [0.2, 0.25) is 0 Å². The van der Waals surface area contributed by atoms with Gasteiger partial charge in [0.25, 0.3) is 0 Å². The predicted octanol–water partition coefficient (Wildman–Crippen LogP) is 9.46. The number of hydrogen-bond donors (Lipinski definition) is 0. The third-order valence-electron chi connectivity index (χ3n) is 4.24. The molecule has 0 N–H and O–H groups in total. The molecule has 0 aliphatic heterocycles. The maximum Gasteiger partial charge on any atom is -0.0132 e. The van der Waals surface area contributed by atoms with Crippen molar-refractivity contribution >= 4 is 10.8 Å². The van der Waals surface area contributed by atoms with E-state index in [1.165, 1.54) is 21.9 Å². The fraction of sp³-hybridized carbons (Fsp3) is 0.448. The molecule has 0 nitrogen and oxygen atoms in total. The van der Waals surface area contributed by atoms with Crippen molar-refractivity contribution in [3.63, 3.8) is 0 Å². The van der Waals surface area contributed by atoms with Gasteiger partial charge in [-0.25, -0.2) is 0 Å². The van der Waals surface area contributed by atoms with Gasteiger partial charge in [0, 0.05) is 0 Å². The molecule has 0 saturated carbocycles. The van der Waals surface area contributed by atoms with Gasteiger partial charge in [-0.05, 0) is 39.2 Å². The molecule has 0 aromatic heterocycles. The van der Waals surface area contributed by atoms with Crippen LogP contribution >= 0.6 is 0 Å². The quantitative estimate of drug-likeness (QED) is 0.387. The fourth-order valence-electron chi connectivity index (χ4n) is 2.96. The molecule has 0 heterocycles. The summed E-state index contributed by atoms with van der Waals surface area (Å²) in [6.45, 7) is 21.5. The van der Waals surface area contributed by atoms with Crippen molar-refractivity contribution in [1.82, 2.24) is 0 Å². The monoisotopic (exact) mass is 392 g/mol. The molecule has 0 fully saturated rings. The second-order valence-electron chi connectivity index (χ2n) is 8.99. The van der Waals surface area contributed by atoms with Gasteiger partial charge in [-0.3, -0.25) is 0 Å². The highest BCUT2D eigenvalue weighted by Gasteiger charge is 2.13. The summed E-state index contributed by atoms with van der Waals surface area (Å²) in [6, 6.07) is 25.8. The highest BCUT2D eigenvalue weighted by molar-refractivity contribution is 5.85. The number of rotatable bonds is 1. The Hall–Kier alpha value is -2.08. The molecule has 0 bridgehead atoms. The number of benzene rings is 3. The van der Waals surface area contributed by atoms with Crippen LogP contribution in [0.25, 0.3) is 10.8 Å². The molecule has 160 valence electrons. The summed E-state index contributed by atoms with van der Waals surface area (Å²) < 4.78 is 0. The van der Waals surface area contributed by atoms with Crippen molar-refractivity contribution in [2.45, 2.75) is 81.1 Å². The summed E-state index contributed by atoms with van der Waals surface area (Å²) in [5, 5.41) is 2.74. The second-order valence-corrected chi connectivity index (χ2v) is 8.99. The lowest BCUT2D eigenvalue weighted by Crippen LogP contribution is -2.10. The fourth-order valence-corrected chi connectivity index (χ4v) is 2.96. The highest BCUT2D eigenvalue weighted by atomic mass is 14.2. The maximum absolute atomic E-state index is 2.29. The average molecular weight is 393 g/mol. The Morgan fingerprint density at radius 3 is 1.52 bits per heavy atom. The SMILES string of the molecule is CC.CC.CC(C)(C)Cc1cccc2ccccc12.CC(C)(C)c1ccccc1. The van der Waals surface area contributed by atoms with Gasteiger partial charge >= 0.3 is 0 Å². The average Bonchev–Trinajstić information content (AvgIpc) is 2.71. The standard InChI is InChI=1S/C15H18.C10H14.2C2H6/c1-15(2,3)11-13-9-6-8-12-7-4-5-10-14(12)13;1-10(2,3)9-7-5-4-6-8-9;2*1-2/h4-10H,11H2,1-3H3;4-8H,1-3H3;2*1-2H3. The highest BCUT2D eigenvalue weighted by Crippen LogP contribution is 2.26. The molecule has 0 atom stereocenters. The van der Waals surface area contributed by atoms with Gasteiger partial charge in [-0.1, -0.05) is 142 Å². The van der Waals surface area contributed by atoms with Crippen LogP contribution in [0.5, 0.6) is 0 Å². The summed E-state index contributed by atoms with van der Waals surface area (Å²) in [5.41, 5.74) is 3.50. The lowest BCUT2D eigenvalue weighted by atomic mass is 9.86. The number of hydrogen-bond acceptors (Lipinski definition) is 0. The Balaban J connectivity index is 0.000000488. The van der Waals surface area contributed by atoms with Crippen molar-refractivity contribution in [2.24, 2.45) is 5.41 Å². The van der Waals surface area contributed by atoms with Crippen LogP contribution in [0.1, 0.15) is 80.4 Å². The van der Waals surface area contributed by atoms with E-state index in [2.05, 4.69) is 114 Å². The van der Waals surface area contributed by atoms with Gasteiger partial charge in [0.15, 0.2) is 0 Å². The minimum absolute atomic E-state index is 0.293. The first-order valence-electron chi connectivity index (χ1n) is 11.2. The van der Waals surface area contributed by atoms with E-state index in [0.29, 0.717) is 10.8 Å². The molecule has 0 heteroatoms. The Labute approximate surface area is 181 Å². The van der Waals surface area contributed by atoms with E-state index in [1.807, 2.05) is 27.7 Å². The smallest absolute Gasteiger partial charge is 0.0132 e. The van der Waals surface area contributed by atoms with Gasteiger partial charge in [-0.15, -0.1) is 0 Å². The summed E-state index contributed by atoms with van der Waals surface area (Å²) >= 11 is 0. The molecule has 0 radical (unpaired) electrons. The molecule has 0 spiro atoms. The summed E-state index contributed by atoms with van der Waals surface area (Å²) in [6.07, 6.45) is 1.13. The van der Waals surface area contributed by atoms with Crippen LogP contribution in [0.4, 0.5) is 0 Å². The zero-order valence-corrected chi connectivity index (χ0v) is 20.6. The van der Waals surface area contributed by atoms with E-state index < -0.39 is 0 Å². The normalized spacial score (nSPS) is 10.6. The van der Waals surface area contributed by atoms with Crippen LogP contribution in [0.15, 0.2) is 72.8 Å². The Morgan fingerprint density at radius 2 is 1.03 bits per heavy atom. The molecule has 3 rings (SSSR count). The van der Waals surface area contributed by atoms with Gasteiger partial charge < -0.3 is 0 Å². The zero-order valence-electron chi connectivity index (χ0n) is 20.6. The molecule has 0 aliphatic carbocycles. The first-order valence-corrected chi connectivity index (χ1v) is 11.2. The van der Waals surface area contributed by atoms with E-state index in [0.717, 1.165) is 6.42 Å².